The SMILES string of the molecule is O=[N+]([O-])c1cc(I)c(F)cc1NC1(CO)CC1. The van der Waals surface area contributed by atoms with Gasteiger partial charge in [0.05, 0.1) is 20.6 Å². The Hall–Kier alpha value is -0.960. The second kappa shape index (κ2) is 4.37. The van der Waals surface area contributed by atoms with Gasteiger partial charge in [0.15, 0.2) is 0 Å². The summed E-state index contributed by atoms with van der Waals surface area (Å²) in [4.78, 5) is 10.3. The third-order valence-corrected chi connectivity index (χ3v) is 3.62. The number of benzene rings is 1. The summed E-state index contributed by atoms with van der Waals surface area (Å²) in [5.74, 6) is -0.507. The van der Waals surface area contributed by atoms with Crippen LogP contribution in [0.2, 0.25) is 0 Å². The Morgan fingerprint density at radius 3 is 2.71 bits per heavy atom. The zero-order chi connectivity index (χ0) is 12.6. The zero-order valence-corrected chi connectivity index (χ0v) is 10.9. The van der Waals surface area contributed by atoms with Crippen LogP contribution in [0.25, 0.3) is 0 Å². The van der Waals surface area contributed by atoms with Gasteiger partial charge in [0, 0.05) is 12.1 Å². The summed E-state index contributed by atoms with van der Waals surface area (Å²) < 4.78 is 13.6. The number of aliphatic hydroxyl groups excluding tert-OH is 1. The highest BCUT2D eigenvalue weighted by Crippen LogP contribution is 2.41. The molecule has 5 nitrogen and oxygen atoms in total. The molecule has 0 amide bonds. The Labute approximate surface area is 110 Å². The van der Waals surface area contributed by atoms with Gasteiger partial charge in [-0.25, -0.2) is 4.39 Å². The maximum atomic E-state index is 13.4. The molecule has 17 heavy (non-hydrogen) atoms. The molecule has 1 fully saturated rings. The lowest BCUT2D eigenvalue weighted by molar-refractivity contribution is -0.384. The average Bonchev–Trinajstić information content (AvgIpc) is 3.03. The van der Waals surface area contributed by atoms with Crippen LogP contribution in [0, 0.1) is 19.5 Å². The van der Waals surface area contributed by atoms with Crippen molar-refractivity contribution >= 4 is 34.0 Å². The van der Waals surface area contributed by atoms with E-state index in [0.29, 0.717) is 0 Å². The Morgan fingerprint density at radius 2 is 2.24 bits per heavy atom. The standard InChI is InChI=1S/C10H10FIN2O3/c11-6-3-8(13-10(5-15)1-2-10)9(14(16)17)4-7(6)12/h3-4,13,15H,1-2,5H2. The van der Waals surface area contributed by atoms with Crippen LogP contribution in [0.4, 0.5) is 15.8 Å². The van der Waals surface area contributed by atoms with Gasteiger partial charge < -0.3 is 10.4 Å². The number of anilines is 1. The van der Waals surface area contributed by atoms with Gasteiger partial charge in [-0.05, 0) is 35.4 Å². The molecule has 0 aromatic heterocycles. The van der Waals surface area contributed by atoms with Crippen molar-refractivity contribution < 1.29 is 14.4 Å². The fraction of sp³-hybridized carbons (Fsp3) is 0.400. The lowest BCUT2D eigenvalue weighted by Crippen LogP contribution is -2.26. The number of halogens is 2. The number of nitrogens with one attached hydrogen (secondary N) is 1. The Kier molecular flexibility index (Phi) is 3.21. The number of hydrogen-bond acceptors (Lipinski definition) is 4. The van der Waals surface area contributed by atoms with Crippen LogP contribution in [0.1, 0.15) is 12.8 Å². The quantitative estimate of drug-likeness (QED) is 0.495. The Bertz CT molecular complexity index is 477. The molecule has 0 unspecified atom stereocenters. The smallest absolute Gasteiger partial charge is 0.293 e. The number of nitro groups is 1. The van der Waals surface area contributed by atoms with E-state index >= 15 is 0 Å². The minimum absolute atomic E-state index is 0.113. The Balaban J connectivity index is 2.37. The van der Waals surface area contributed by atoms with E-state index in [1.54, 1.807) is 22.6 Å². The fourth-order valence-electron chi connectivity index (χ4n) is 1.55. The van der Waals surface area contributed by atoms with E-state index in [9.17, 15) is 14.5 Å². The van der Waals surface area contributed by atoms with Gasteiger partial charge in [-0.1, -0.05) is 0 Å². The minimum atomic E-state index is -0.558. The van der Waals surface area contributed by atoms with Crippen molar-refractivity contribution in [3.8, 4) is 0 Å². The van der Waals surface area contributed by atoms with Crippen molar-refractivity contribution in [1.82, 2.24) is 0 Å². The second-order valence-electron chi connectivity index (χ2n) is 4.10. The summed E-state index contributed by atoms with van der Waals surface area (Å²) in [7, 11) is 0. The molecule has 0 radical (unpaired) electrons. The van der Waals surface area contributed by atoms with Crippen LogP contribution in [0.3, 0.4) is 0 Å². The summed E-state index contributed by atoms with van der Waals surface area (Å²) >= 11 is 1.71. The molecule has 0 heterocycles. The highest BCUT2D eigenvalue weighted by Gasteiger charge is 2.43. The van der Waals surface area contributed by atoms with E-state index < -0.39 is 16.3 Å². The molecule has 0 atom stereocenters. The normalized spacial score (nSPS) is 16.6. The number of aliphatic hydroxyl groups is 1. The highest BCUT2D eigenvalue weighted by atomic mass is 127. The van der Waals surface area contributed by atoms with Crippen LogP contribution in [0.15, 0.2) is 12.1 Å². The molecule has 0 bridgehead atoms. The molecule has 1 saturated carbocycles. The molecule has 1 aliphatic rings. The van der Waals surface area contributed by atoms with Crippen molar-refractivity contribution in [1.29, 1.82) is 0 Å². The third kappa shape index (κ3) is 2.49. The molecule has 0 spiro atoms. The predicted octanol–water partition coefficient (Wildman–Crippen LogP) is 2.28. The van der Waals surface area contributed by atoms with Gasteiger partial charge in [0.2, 0.25) is 0 Å². The largest absolute Gasteiger partial charge is 0.394 e. The summed E-state index contributed by atoms with van der Waals surface area (Å²) in [5.41, 5.74) is -0.556. The summed E-state index contributed by atoms with van der Waals surface area (Å²) in [6.07, 6.45) is 1.46. The van der Waals surface area contributed by atoms with Crippen LogP contribution in [0.5, 0.6) is 0 Å². The molecule has 1 aromatic rings. The lowest BCUT2D eigenvalue weighted by atomic mass is 10.2. The predicted molar refractivity (Wildman–Crippen MR) is 68.4 cm³/mol. The first-order valence-electron chi connectivity index (χ1n) is 5.00. The molecule has 1 aromatic carbocycles. The minimum Gasteiger partial charge on any atom is -0.394 e. The molecular formula is C10H10FIN2O3. The van der Waals surface area contributed by atoms with Crippen molar-refractivity contribution in [3.63, 3.8) is 0 Å². The average molecular weight is 352 g/mol. The van der Waals surface area contributed by atoms with E-state index in [1.165, 1.54) is 6.07 Å². The van der Waals surface area contributed by atoms with Crippen molar-refractivity contribution in [2.75, 3.05) is 11.9 Å². The van der Waals surface area contributed by atoms with E-state index in [2.05, 4.69) is 5.32 Å². The summed E-state index contributed by atoms with van der Waals surface area (Å²) in [6, 6.07) is 2.29. The monoisotopic (exact) mass is 352 g/mol. The number of rotatable bonds is 4. The molecule has 7 heteroatoms. The molecule has 2 N–H and O–H groups in total. The number of nitro benzene ring substituents is 1. The first-order chi connectivity index (χ1) is 7.97. The van der Waals surface area contributed by atoms with Crippen LogP contribution in [-0.4, -0.2) is 22.2 Å². The molecule has 2 rings (SSSR count). The number of hydrogen-bond donors (Lipinski definition) is 2. The van der Waals surface area contributed by atoms with Crippen LogP contribution < -0.4 is 5.32 Å². The fourth-order valence-corrected chi connectivity index (χ4v) is 2.00. The summed E-state index contributed by atoms with van der Waals surface area (Å²) in [5, 5.41) is 22.9. The van der Waals surface area contributed by atoms with Gasteiger partial charge in [0.1, 0.15) is 11.5 Å². The molecule has 0 saturated heterocycles. The molecule has 0 aliphatic heterocycles. The number of nitrogens with zero attached hydrogens (tertiary/aromatic N) is 1. The molecule has 92 valence electrons. The van der Waals surface area contributed by atoms with Crippen LogP contribution >= 0.6 is 22.6 Å². The summed E-state index contributed by atoms with van der Waals surface area (Å²) in [6.45, 7) is -0.113. The molecular weight excluding hydrogens is 342 g/mol. The van der Waals surface area contributed by atoms with Gasteiger partial charge >= 0.3 is 0 Å². The van der Waals surface area contributed by atoms with E-state index in [0.717, 1.165) is 18.9 Å². The van der Waals surface area contributed by atoms with Crippen molar-refractivity contribution in [2.24, 2.45) is 0 Å². The van der Waals surface area contributed by atoms with E-state index in [4.69, 9.17) is 5.11 Å². The van der Waals surface area contributed by atoms with Crippen molar-refractivity contribution in [2.45, 2.75) is 18.4 Å². The van der Waals surface area contributed by atoms with E-state index in [-0.39, 0.29) is 21.6 Å². The molecule has 1 aliphatic carbocycles. The van der Waals surface area contributed by atoms with Crippen molar-refractivity contribution in [3.05, 3.63) is 31.6 Å². The first kappa shape index (κ1) is 12.5. The first-order valence-corrected chi connectivity index (χ1v) is 6.08. The topological polar surface area (TPSA) is 75.4 Å². The maximum Gasteiger partial charge on any atom is 0.293 e. The maximum absolute atomic E-state index is 13.4. The third-order valence-electron chi connectivity index (χ3n) is 2.79. The van der Waals surface area contributed by atoms with Crippen LogP contribution in [-0.2, 0) is 0 Å². The van der Waals surface area contributed by atoms with Gasteiger partial charge in [-0.3, -0.25) is 10.1 Å². The van der Waals surface area contributed by atoms with E-state index in [1.807, 2.05) is 0 Å². The van der Waals surface area contributed by atoms with Gasteiger partial charge in [0.25, 0.3) is 5.69 Å². The van der Waals surface area contributed by atoms with Gasteiger partial charge in [-0.2, -0.15) is 0 Å². The Morgan fingerprint density at radius 1 is 1.59 bits per heavy atom. The second-order valence-corrected chi connectivity index (χ2v) is 5.27. The zero-order valence-electron chi connectivity index (χ0n) is 8.74. The van der Waals surface area contributed by atoms with Gasteiger partial charge in [-0.15, -0.1) is 0 Å². The lowest BCUT2D eigenvalue weighted by Gasteiger charge is -2.16. The highest BCUT2D eigenvalue weighted by molar-refractivity contribution is 14.1.